The first-order valence-electron chi connectivity index (χ1n) is 8.35. The van der Waals surface area contributed by atoms with Gasteiger partial charge in [0.05, 0.1) is 0 Å². The van der Waals surface area contributed by atoms with Gasteiger partial charge in [-0.25, -0.2) is 0 Å². The number of piperazine rings is 1. The predicted octanol–water partition coefficient (Wildman–Crippen LogP) is 2.22. The Morgan fingerprint density at radius 2 is 1.75 bits per heavy atom. The van der Waals surface area contributed by atoms with Crippen LogP contribution in [0.3, 0.4) is 0 Å². The summed E-state index contributed by atoms with van der Waals surface area (Å²) in [7, 11) is 0. The number of nitrogens with zero attached hydrogens (tertiary/aromatic N) is 1. The van der Waals surface area contributed by atoms with E-state index in [-0.39, 0.29) is 23.9 Å². The summed E-state index contributed by atoms with van der Waals surface area (Å²) >= 11 is 0. The van der Waals surface area contributed by atoms with Crippen LogP contribution in [0.4, 0.5) is 0 Å². The first kappa shape index (κ1) is 13.9. The normalized spacial score (nSPS) is 33.0. The molecule has 0 aromatic carbocycles. The van der Waals surface area contributed by atoms with Gasteiger partial charge in [-0.15, -0.1) is 0 Å². The van der Waals surface area contributed by atoms with Crippen LogP contribution in [0.5, 0.6) is 0 Å². The summed E-state index contributed by atoms with van der Waals surface area (Å²) in [5, 5.41) is 3.04. The number of amides is 2. The molecule has 0 bridgehead atoms. The van der Waals surface area contributed by atoms with E-state index in [0.29, 0.717) is 12.0 Å². The molecule has 1 heterocycles. The molecule has 3 fully saturated rings. The summed E-state index contributed by atoms with van der Waals surface area (Å²) in [5.41, 5.74) is 0. The second-order valence-corrected chi connectivity index (χ2v) is 6.64. The molecule has 4 nitrogen and oxygen atoms in total. The standard InChI is InChI=1S/C16H26N2O2/c1-2-13-15(19)17-14(11-7-4-3-5-8-11)16(20)18(13)12-9-6-10-12/h11-14H,2-10H2,1H3,(H,17,19). The minimum absolute atomic E-state index is 0.0783. The second-order valence-electron chi connectivity index (χ2n) is 6.64. The Bertz CT molecular complexity index is 386. The van der Waals surface area contributed by atoms with Crippen molar-refractivity contribution in [2.75, 3.05) is 0 Å². The van der Waals surface area contributed by atoms with Gasteiger partial charge in [-0.1, -0.05) is 26.2 Å². The van der Waals surface area contributed by atoms with E-state index in [1.807, 2.05) is 11.8 Å². The van der Waals surface area contributed by atoms with Crippen molar-refractivity contribution < 1.29 is 9.59 Å². The summed E-state index contributed by atoms with van der Waals surface area (Å²) in [4.78, 5) is 27.2. The number of carbonyl (C=O) groups is 2. The fourth-order valence-corrected chi connectivity index (χ4v) is 4.02. The largest absolute Gasteiger partial charge is 0.342 e. The van der Waals surface area contributed by atoms with Crippen LogP contribution < -0.4 is 5.32 Å². The maximum atomic E-state index is 12.9. The van der Waals surface area contributed by atoms with Crippen molar-refractivity contribution in [2.24, 2.45) is 5.92 Å². The van der Waals surface area contributed by atoms with E-state index in [0.717, 1.165) is 32.1 Å². The Kier molecular flexibility index (Phi) is 3.99. The van der Waals surface area contributed by atoms with Crippen molar-refractivity contribution in [1.82, 2.24) is 10.2 Å². The fraction of sp³-hybridized carbons (Fsp3) is 0.875. The highest BCUT2D eigenvalue weighted by molar-refractivity contribution is 5.97. The van der Waals surface area contributed by atoms with E-state index >= 15 is 0 Å². The Morgan fingerprint density at radius 1 is 1.05 bits per heavy atom. The molecule has 3 aliphatic rings. The van der Waals surface area contributed by atoms with E-state index in [9.17, 15) is 9.59 Å². The van der Waals surface area contributed by atoms with Crippen molar-refractivity contribution in [1.29, 1.82) is 0 Å². The van der Waals surface area contributed by atoms with Gasteiger partial charge in [-0.05, 0) is 44.4 Å². The maximum absolute atomic E-state index is 12.9. The van der Waals surface area contributed by atoms with Gasteiger partial charge in [-0.3, -0.25) is 9.59 Å². The van der Waals surface area contributed by atoms with Gasteiger partial charge in [0.2, 0.25) is 11.8 Å². The van der Waals surface area contributed by atoms with Crippen molar-refractivity contribution in [2.45, 2.75) is 82.8 Å². The van der Waals surface area contributed by atoms with Crippen LogP contribution in [-0.4, -0.2) is 34.8 Å². The van der Waals surface area contributed by atoms with Gasteiger partial charge >= 0.3 is 0 Å². The molecule has 1 aliphatic heterocycles. The number of hydrogen-bond acceptors (Lipinski definition) is 2. The van der Waals surface area contributed by atoms with E-state index in [1.165, 1.54) is 25.7 Å². The smallest absolute Gasteiger partial charge is 0.246 e. The van der Waals surface area contributed by atoms with Crippen molar-refractivity contribution in [3.05, 3.63) is 0 Å². The lowest BCUT2D eigenvalue weighted by Crippen LogP contribution is -2.68. The van der Waals surface area contributed by atoms with E-state index < -0.39 is 0 Å². The topological polar surface area (TPSA) is 49.4 Å². The molecule has 0 aromatic rings. The summed E-state index contributed by atoms with van der Waals surface area (Å²) in [6, 6.07) is -0.150. The number of carbonyl (C=O) groups excluding carboxylic acids is 2. The summed E-state index contributed by atoms with van der Waals surface area (Å²) in [6.45, 7) is 2.00. The van der Waals surface area contributed by atoms with Crippen LogP contribution in [0.25, 0.3) is 0 Å². The molecular formula is C16H26N2O2. The van der Waals surface area contributed by atoms with Crippen molar-refractivity contribution >= 4 is 11.8 Å². The van der Waals surface area contributed by atoms with Crippen molar-refractivity contribution in [3.63, 3.8) is 0 Å². The van der Waals surface area contributed by atoms with Crippen LogP contribution in [0, 0.1) is 5.92 Å². The highest BCUT2D eigenvalue weighted by Crippen LogP contribution is 2.34. The monoisotopic (exact) mass is 278 g/mol. The number of rotatable bonds is 3. The third-order valence-corrected chi connectivity index (χ3v) is 5.43. The zero-order valence-electron chi connectivity index (χ0n) is 12.4. The minimum Gasteiger partial charge on any atom is -0.342 e. The lowest BCUT2D eigenvalue weighted by atomic mass is 9.80. The molecule has 112 valence electrons. The molecular weight excluding hydrogens is 252 g/mol. The van der Waals surface area contributed by atoms with Crippen LogP contribution in [-0.2, 0) is 9.59 Å². The molecule has 0 radical (unpaired) electrons. The summed E-state index contributed by atoms with van der Waals surface area (Å²) in [6.07, 6.45) is 9.93. The van der Waals surface area contributed by atoms with Crippen LogP contribution >= 0.6 is 0 Å². The van der Waals surface area contributed by atoms with Gasteiger partial charge in [0.25, 0.3) is 0 Å². The Morgan fingerprint density at radius 3 is 2.30 bits per heavy atom. The first-order chi connectivity index (χ1) is 9.72. The highest BCUT2D eigenvalue weighted by atomic mass is 16.2. The second kappa shape index (κ2) is 5.74. The highest BCUT2D eigenvalue weighted by Gasteiger charge is 2.46. The third-order valence-electron chi connectivity index (χ3n) is 5.43. The van der Waals surface area contributed by atoms with Crippen LogP contribution in [0.2, 0.25) is 0 Å². The zero-order valence-corrected chi connectivity index (χ0v) is 12.4. The summed E-state index contributed by atoms with van der Waals surface area (Å²) < 4.78 is 0. The fourth-order valence-electron chi connectivity index (χ4n) is 4.02. The van der Waals surface area contributed by atoms with Crippen LogP contribution in [0.15, 0.2) is 0 Å². The zero-order chi connectivity index (χ0) is 14.1. The predicted molar refractivity (Wildman–Crippen MR) is 77.1 cm³/mol. The third kappa shape index (κ3) is 2.33. The first-order valence-corrected chi connectivity index (χ1v) is 8.35. The van der Waals surface area contributed by atoms with Crippen molar-refractivity contribution in [3.8, 4) is 0 Å². The molecule has 20 heavy (non-hydrogen) atoms. The quantitative estimate of drug-likeness (QED) is 0.860. The molecule has 1 saturated heterocycles. The van der Waals surface area contributed by atoms with Gasteiger partial charge in [0, 0.05) is 6.04 Å². The Balaban J connectivity index is 1.78. The number of nitrogens with one attached hydrogen (secondary N) is 1. The molecule has 2 atom stereocenters. The minimum atomic E-state index is -0.244. The van der Waals surface area contributed by atoms with E-state index in [2.05, 4.69) is 5.32 Å². The average molecular weight is 278 g/mol. The Hall–Kier alpha value is -1.06. The summed E-state index contributed by atoms with van der Waals surface area (Å²) in [5.74, 6) is 0.642. The molecule has 2 saturated carbocycles. The van der Waals surface area contributed by atoms with E-state index in [1.54, 1.807) is 0 Å². The molecule has 4 heteroatoms. The molecule has 2 unspecified atom stereocenters. The lowest BCUT2D eigenvalue weighted by molar-refractivity contribution is -0.156. The molecule has 0 spiro atoms. The van der Waals surface area contributed by atoms with E-state index in [4.69, 9.17) is 0 Å². The molecule has 1 N–H and O–H groups in total. The molecule has 0 aromatic heterocycles. The maximum Gasteiger partial charge on any atom is 0.246 e. The molecule has 3 rings (SSSR count). The van der Waals surface area contributed by atoms with Gasteiger partial charge < -0.3 is 10.2 Å². The lowest BCUT2D eigenvalue weighted by Gasteiger charge is -2.48. The Labute approximate surface area is 121 Å². The van der Waals surface area contributed by atoms with Gasteiger partial charge in [0.15, 0.2) is 0 Å². The SMILES string of the molecule is CCC1C(=O)NC(C2CCCCC2)C(=O)N1C1CCC1. The van der Waals surface area contributed by atoms with Crippen LogP contribution in [0.1, 0.15) is 64.7 Å². The number of hydrogen-bond donors (Lipinski definition) is 1. The van der Waals surface area contributed by atoms with Gasteiger partial charge in [-0.2, -0.15) is 0 Å². The molecule has 2 aliphatic carbocycles. The van der Waals surface area contributed by atoms with Gasteiger partial charge in [0.1, 0.15) is 12.1 Å². The average Bonchev–Trinajstić information content (AvgIpc) is 2.42. The molecule has 2 amide bonds.